The number of halogens is 1. The molecule has 0 spiro atoms. The normalized spacial score (nSPS) is 21.4. The van der Waals surface area contributed by atoms with Gasteiger partial charge >= 0.3 is 0 Å². The number of nitrogens with zero attached hydrogens (tertiary/aromatic N) is 2. The maximum Gasteiger partial charge on any atom is 0.268 e. The highest BCUT2D eigenvalue weighted by Crippen LogP contribution is 2.43. The molecule has 3 amide bonds. The fourth-order valence-corrected chi connectivity index (χ4v) is 5.24. The number of carbonyl (C=O) groups excluding carboxylic acids is 3. The highest BCUT2D eigenvalue weighted by molar-refractivity contribution is 9.10. The highest BCUT2D eigenvalue weighted by atomic mass is 79.9. The maximum absolute atomic E-state index is 13.8. The summed E-state index contributed by atoms with van der Waals surface area (Å²) in [5, 5.41) is 1.33. The Kier molecular flexibility index (Phi) is 6.17. The Morgan fingerprint density at radius 3 is 2.43 bits per heavy atom. The van der Waals surface area contributed by atoms with Crippen LogP contribution in [-0.4, -0.2) is 35.4 Å². The third kappa shape index (κ3) is 4.02. The Hall–Kier alpha value is -3.49. The molecule has 2 aliphatic rings. The Morgan fingerprint density at radius 2 is 1.74 bits per heavy atom. The van der Waals surface area contributed by atoms with Crippen LogP contribution in [0.2, 0.25) is 0 Å². The van der Waals surface area contributed by atoms with Crippen LogP contribution in [0.5, 0.6) is 5.75 Å². The highest BCUT2D eigenvalue weighted by Gasteiger charge is 2.60. The van der Waals surface area contributed by atoms with Gasteiger partial charge < -0.3 is 4.74 Å². The van der Waals surface area contributed by atoms with Crippen molar-refractivity contribution in [2.24, 2.45) is 5.92 Å². The van der Waals surface area contributed by atoms with Crippen molar-refractivity contribution < 1.29 is 19.1 Å². The van der Waals surface area contributed by atoms with Crippen LogP contribution >= 0.6 is 15.9 Å². The lowest BCUT2D eigenvalue weighted by Gasteiger charge is -2.25. The summed E-state index contributed by atoms with van der Waals surface area (Å²) in [6, 6.07) is 20.0. The molecular formula is C27H24BrN3O4. The first-order chi connectivity index (χ1) is 16.9. The van der Waals surface area contributed by atoms with Crippen LogP contribution in [0.4, 0.5) is 5.69 Å². The van der Waals surface area contributed by atoms with Gasteiger partial charge in [-0.25, -0.2) is 10.3 Å². The molecule has 2 fully saturated rings. The summed E-state index contributed by atoms with van der Waals surface area (Å²) >= 11 is 3.40. The maximum atomic E-state index is 13.8. The summed E-state index contributed by atoms with van der Waals surface area (Å²) in [4.78, 5) is 42.2. The van der Waals surface area contributed by atoms with Crippen molar-refractivity contribution in [2.45, 2.75) is 25.9 Å². The number of nitrogens with one attached hydrogen (secondary N) is 1. The van der Waals surface area contributed by atoms with Crippen molar-refractivity contribution in [1.82, 2.24) is 10.4 Å². The van der Waals surface area contributed by atoms with Gasteiger partial charge in [0.1, 0.15) is 11.8 Å². The topological polar surface area (TPSA) is 79.0 Å². The molecule has 8 heteroatoms. The number of aryl methyl sites for hydroxylation is 1. The van der Waals surface area contributed by atoms with E-state index in [4.69, 9.17) is 4.74 Å². The van der Waals surface area contributed by atoms with Gasteiger partial charge in [-0.2, -0.15) is 0 Å². The van der Waals surface area contributed by atoms with Gasteiger partial charge in [0.15, 0.2) is 0 Å². The van der Waals surface area contributed by atoms with Crippen LogP contribution in [0.15, 0.2) is 77.3 Å². The number of anilines is 1. The van der Waals surface area contributed by atoms with Gasteiger partial charge in [-0.15, -0.1) is 0 Å². The zero-order valence-electron chi connectivity index (χ0n) is 19.3. The first-order valence-corrected chi connectivity index (χ1v) is 12.2. The zero-order valence-corrected chi connectivity index (χ0v) is 20.9. The molecule has 5 rings (SSSR count). The predicted molar refractivity (Wildman–Crippen MR) is 135 cm³/mol. The average molecular weight is 534 g/mol. The molecule has 2 heterocycles. The number of hydrogen-bond acceptors (Lipinski definition) is 5. The number of rotatable bonds is 5. The van der Waals surface area contributed by atoms with E-state index in [1.807, 2.05) is 44.2 Å². The second-order valence-electron chi connectivity index (χ2n) is 8.56. The SMILES string of the molecule is CCOc1ccc(N2C(=O)[C@H]3[C@@H](C2=O)N(C(=O)c2cccc(Br)c2)N[C@H]3c2ccccc2C)cc1. The van der Waals surface area contributed by atoms with Crippen LogP contribution in [0.1, 0.15) is 34.5 Å². The average Bonchev–Trinajstić information content (AvgIpc) is 3.36. The number of imide groups is 1. The van der Waals surface area contributed by atoms with Crippen molar-refractivity contribution in [3.63, 3.8) is 0 Å². The Balaban J connectivity index is 1.56. The first-order valence-electron chi connectivity index (χ1n) is 11.4. The number of ether oxygens (including phenoxy) is 1. The minimum atomic E-state index is -0.967. The van der Waals surface area contributed by atoms with Gasteiger partial charge in [0.25, 0.3) is 11.8 Å². The number of hydrogen-bond donors (Lipinski definition) is 1. The molecule has 0 bridgehead atoms. The summed E-state index contributed by atoms with van der Waals surface area (Å²) in [5.41, 5.74) is 5.92. The van der Waals surface area contributed by atoms with Crippen molar-refractivity contribution in [3.05, 3.63) is 94.0 Å². The molecule has 0 saturated carbocycles. The predicted octanol–water partition coefficient (Wildman–Crippen LogP) is 4.42. The van der Waals surface area contributed by atoms with Crippen LogP contribution in [-0.2, 0) is 9.59 Å². The third-order valence-electron chi connectivity index (χ3n) is 6.45. The van der Waals surface area contributed by atoms with E-state index in [2.05, 4.69) is 21.4 Å². The van der Waals surface area contributed by atoms with E-state index in [1.54, 1.807) is 42.5 Å². The lowest BCUT2D eigenvalue weighted by molar-refractivity contribution is -0.123. The lowest BCUT2D eigenvalue weighted by atomic mass is 9.88. The van der Waals surface area contributed by atoms with E-state index in [1.165, 1.54) is 9.91 Å². The van der Waals surface area contributed by atoms with E-state index in [0.29, 0.717) is 23.6 Å². The number of amides is 3. The first kappa shape index (κ1) is 23.3. The fourth-order valence-electron chi connectivity index (χ4n) is 4.84. The molecule has 3 atom stereocenters. The number of carbonyl (C=O) groups is 3. The zero-order chi connectivity index (χ0) is 24.7. The minimum absolute atomic E-state index is 0.338. The molecule has 2 saturated heterocycles. The summed E-state index contributed by atoms with van der Waals surface area (Å²) in [6.45, 7) is 4.36. The Morgan fingerprint density at radius 1 is 1.00 bits per heavy atom. The smallest absolute Gasteiger partial charge is 0.268 e. The van der Waals surface area contributed by atoms with Crippen LogP contribution in [0, 0.1) is 12.8 Å². The summed E-state index contributed by atoms with van der Waals surface area (Å²) in [7, 11) is 0. The van der Waals surface area contributed by atoms with Gasteiger partial charge in [0.2, 0.25) is 5.91 Å². The second-order valence-corrected chi connectivity index (χ2v) is 9.47. The molecule has 35 heavy (non-hydrogen) atoms. The van der Waals surface area contributed by atoms with E-state index in [9.17, 15) is 14.4 Å². The molecule has 2 aliphatic heterocycles. The summed E-state index contributed by atoms with van der Waals surface area (Å²) in [6.07, 6.45) is 0. The van der Waals surface area contributed by atoms with E-state index in [0.717, 1.165) is 15.6 Å². The van der Waals surface area contributed by atoms with E-state index >= 15 is 0 Å². The third-order valence-corrected chi connectivity index (χ3v) is 6.95. The van der Waals surface area contributed by atoms with Crippen LogP contribution < -0.4 is 15.1 Å². The Labute approximate surface area is 211 Å². The summed E-state index contributed by atoms with van der Waals surface area (Å²) < 4.78 is 6.24. The van der Waals surface area contributed by atoms with Gasteiger partial charge in [-0.3, -0.25) is 19.4 Å². The molecule has 3 aromatic rings. The monoisotopic (exact) mass is 533 g/mol. The van der Waals surface area contributed by atoms with Crippen LogP contribution in [0.25, 0.3) is 0 Å². The van der Waals surface area contributed by atoms with Crippen molar-refractivity contribution in [3.8, 4) is 5.75 Å². The van der Waals surface area contributed by atoms with Gasteiger partial charge in [-0.1, -0.05) is 46.3 Å². The molecule has 1 N–H and O–H groups in total. The van der Waals surface area contributed by atoms with Crippen LogP contribution in [0.3, 0.4) is 0 Å². The molecule has 7 nitrogen and oxygen atoms in total. The molecule has 0 aromatic heterocycles. The summed E-state index contributed by atoms with van der Waals surface area (Å²) in [5.74, 6) is -1.25. The molecule has 0 aliphatic carbocycles. The second kappa shape index (κ2) is 9.28. The molecule has 178 valence electrons. The van der Waals surface area contributed by atoms with Gasteiger partial charge in [0, 0.05) is 10.0 Å². The molecule has 0 unspecified atom stereocenters. The van der Waals surface area contributed by atoms with Crippen molar-refractivity contribution in [2.75, 3.05) is 11.5 Å². The number of benzene rings is 3. The van der Waals surface area contributed by atoms with E-state index in [-0.39, 0.29) is 11.8 Å². The lowest BCUT2D eigenvalue weighted by Crippen LogP contribution is -2.48. The minimum Gasteiger partial charge on any atom is -0.494 e. The number of hydrazine groups is 1. The Bertz CT molecular complexity index is 1310. The molecular weight excluding hydrogens is 510 g/mol. The van der Waals surface area contributed by atoms with Gasteiger partial charge in [0.05, 0.1) is 24.3 Å². The quantitative estimate of drug-likeness (QED) is 0.491. The van der Waals surface area contributed by atoms with Crippen molar-refractivity contribution in [1.29, 1.82) is 0 Å². The fraction of sp³-hybridized carbons (Fsp3) is 0.222. The van der Waals surface area contributed by atoms with Crippen molar-refractivity contribution >= 4 is 39.3 Å². The number of fused-ring (bicyclic) bond motifs is 1. The molecule has 3 aromatic carbocycles. The van der Waals surface area contributed by atoms with Gasteiger partial charge in [-0.05, 0) is 67.4 Å². The standard InChI is InChI=1S/C27H24BrN3O4/c1-3-35-20-13-11-19(12-14-20)30-26(33)22-23(21-10-5-4-7-16(21)2)29-31(24(22)27(30)34)25(32)17-8-6-9-18(28)15-17/h4-15,22-24,29H,3H2,1-2H3/t22-,23+,24+/m1/s1. The van der Waals surface area contributed by atoms with E-state index < -0.39 is 23.9 Å². The largest absolute Gasteiger partial charge is 0.494 e. The molecule has 0 radical (unpaired) electrons.